The van der Waals surface area contributed by atoms with Crippen molar-refractivity contribution in [1.82, 2.24) is 15.6 Å². The van der Waals surface area contributed by atoms with Gasteiger partial charge in [0.15, 0.2) is 0 Å². The summed E-state index contributed by atoms with van der Waals surface area (Å²) in [6.07, 6.45) is -3.19. The van der Waals surface area contributed by atoms with Gasteiger partial charge >= 0.3 is 0 Å². The van der Waals surface area contributed by atoms with Gasteiger partial charge in [0.1, 0.15) is 35.7 Å². The second-order valence-electron chi connectivity index (χ2n) is 7.31. The molecule has 162 valence electrons. The normalized spacial score (nSPS) is 19.5. The van der Waals surface area contributed by atoms with E-state index >= 15 is 0 Å². The summed E-state index contributed by atoms with van der Waals surface area (Å²) in [6, 6.07) is 5.76. The third-order valence-corrected chi connectivity index (χ3v) is 5.22. The first-order valence-electron chi connectivity index (χ1n) is 9.44. The number of aromatic amines is 1. The molecule has 1 aliphatic rings. The number of β-amino-alcohol motifs (C(OH)–C–C–N with tert-alkyl or cyclic N) is 1. The fraction of sp³-hybridized carbons (Fsp3) is 0.238. The minimum absolute atomic E-state index is 0.0322. The lowest BCUT2D eigenvalue weighted by molar-refractivity contribution is -0.134. The average molecular weight is 433 g/mol. The van der Waals surface area contributed by atoms with Crippen LogP contribution in [0.1, 0.15) is 5.56 Å². The van der Waals surface area contributed by atoms with Gasteiger partial charge in [-0.2, -0.15) is 0 Å². The van der Waals surface area contributed by atoms with Crippen LogP contribution in [0.3, 0.4) is 0 Å². The molecule has 0 spiro atoms. The molecule has 0 radical (unpaired) electrons. The van der Waals surface area contributed by atoms with Crippen LogP contribution in [0.4, 0.5) is 13.2 Å². The van der Waals surface area contributed by atoms with Crippen molar-refractivity contribution < 1.29 is 33.0 Å². The summed E-state index contributed by atoms with van der Waals surface area (Å²) in [6.45, 7) is -0.0322. The van der Waals surface area contributed by atoms with Crippen LogP contribution in [0.25, 0.3) is 22.2 Å². The molecular formula is C21H18F3N3O4. The maximum Gasteiger partial charge on any atom is 0.249 e. The van der Waals surface area contributed by atoms with Crippen molar-refractivity contribution >= 4 is 22.7 Å². The molecule has 10 heteroatoms. The summed E-state index contributed by atoms with van der Waals surface area (Å²) in [5.74, 6) is -3.73. The van der Waals surface area contributed by atoms with Crippen molar-refractivity contribution in [2.45, 2.75) is 24.7 Å². The van der Waals surface area contributed by atoms with Gasteiger partial charge in [0.05, 0.1) is 5.52 Å². The lowest BCUT2D eigenvalue weighted by Gasteiger charge is -2.17. The zero-order valence-electron chi connectivity index (χ0n) is 16.0. The molecule has 31 heavy (non-hydrogen) atoms. The molecule has 0 bridgehead atoms. The van der Waals surface area contributed by atoms with Gasteiger partial charge in [-0.05, 0) is 41.5 Å². The van der Waals surface area contributed by atoms with Crippen LogP contribution in [0.15, 0.2) is 36.4 Å². The molecular weight excluding hydrogens is 415 g/mol. The SMILES string of the molecule is O=C1NC[C@@H](O)[C@@H]1NC(=O)[C@@H](O)Cc1c(-c2ccc(F)cc2)[nH]c2c(F)cc(F)cc12. The number of carbonyl (C=O) groups is 2. The van der Waals surface area contributed by atoms with Crippen molar-refractivity contribution in [2.75, 3.05) is 6.54 Å². The van der Waals surface area contributed by atoms with Gasteiger partial charge in [0.2, 0.25) is 11.8 Å². The summed E-state index contributed by atoms with van der Waals surface area (Å²) in [5, 5.41) is 25.0. The van der Waals surface area contributed by atoms with Crippen LogP contribution in [-0.4, -0.2) is 51.8 Å². The van der Waals surface area contributed by atoms with Crippen LogP contribution in [0.2, 0.25) is 0 Å². The molecule has 3 atom stereocenters. The third kappa shape index (κ3) is 3.99. The minimum Gasteiger partial charge on any atom is -0.389 e. The van der Waals surface area contributed by atoms with Gasteiger partial charge < -0.3 is 25.8 Å². The number of hydrogen-bond acceptors (Lipinski definition) is 4. The quantitative estimate of drug-likeness (QED) is 0.415. The Morgan fingerprint density at radius 3 is 2.52 bits per heavy atom. The van der Waals surface area contributed by atoms with Crippen molar-refractivity contribution in [3.05, 3.63) is 59.4 Å². The van der Waals surface area contributed by atoms with Crippen LogP contribution >= 0.6 is 0 Å². The molecule has 0 saturated carbocycles. The van der Waals surface area contributed by atoms with Gasteiger partial charge in [-0.3, -0.25) is 9.59 Å². The predicted molar refractivity (Wildman–Crippen MR) is 104 cm³/mol. The topological polar surface area (TPSA) is 114 Å². The lowest BCUT2D eigenvalue weighted by Crippen LogP contribution is -2.49. The second kappa shape index (κ2) is 8.05. The molecule has 0 aliphatic carbocycles. The predicted octanol–water partition coefficient (Wildman–Crippen LogP) is 1.13. The molecule has 1 fully saturated rings. The number of carbonyl (C=O) groups excluding carboxylic acids is 2. The van der Waals surface area contributed by atoms with E-state index in [1.165, 1.54) is 24.3 Å². The largest absolute Gasteiger partial charge is 0.389 e. The van der Waals surface area contributed by atoms with Crippen molar-refractivity contribution in [2.24, 2.45) is 0 Å². The monoisotopic (exact) mass is 433 g/mol. The number of aromatic nitrogens is 1. The number of H-pyrrole nitrogens is 1. The van der Waals surface area contributed by atoms with E-state index in [1.807, 2.05) is 0 Å². The maximum atomic E-state index is 14.3. The lowest BCUT2D eigenvalue weighted by atomic mass is 9.99. The molecule has 2 aromatic carbocycles. The number of aliphatic hydroxyl groups is 2. The first-order valence-corrected chi connectivity index (χ1v) is 9.44. The first-order chi connectivity index (χ1) is 14.7. The molecule has 7 nitrogen and oxygen atoms in total. The van der Waals surface area contributed by atoms with Gasteiger partial charge in [0, 0.05) is 30.1 Å². The zero-order valence-corrected chi connectivity index (χ0v) is 16.0. The van der Waals surface area contributed by atoms with Gasteiger partial charge in [-0.25, -0.2) is 13.2 Å². The van der Waals surface area contributed by atoms with Gasteiger partial charge in [-0.15, -0.1) is 0 Å². The summed E-state index contributed by atoms with van der Waals surface area (Å²) >= 11 is 0. The van der Waals surface area contributed by atoms with Gasteiger partial charge in [-0.1, -0.05) is 0 Å². The molecule has 2 heterocycles. The van der Waals surface area contributed by atoms with E-state index in [4.69, 9.17) is 0 Å². The Labute approximate surface area is 173 Å². The number of hydrogen-bond donors (Lipinski definition) is 5. The Bertz CT molecular complexity index is 1160. The van der Waals surface area contributed by atoms with E-state index in [-0.39, 0.29) is 35.1 Å². The zero-order chi connectivity index (χ0) is 22.3. The van der Waals surface area contributed by atoms with E-state index in [9.17, 15) is 33.0 Å². The maximum absolute atomic E-state index is 14.3. The molecule has 1 aromatic heterocycles. The van der Waals surface area contributed by atoms with Crippen molar-refractivity contribution in [3.8, 4) is 11.3 Å². The number of amides is 2. The molecule has 1 saturated heterocycles. The number of benzene rings is 2. The van der Waals surface area contributed by atoms with Gasteiger partial charge in [0.25, 0.3) is 0 Å². The highest BCUT2D eigenvalue weighted by molar-refractivity contribution is 5.94. The number of aliphatic hydroxyl groups excluding tert-OH is 2. The van der Waals surface area contributed by atoms with Crippen molar-refractivity contribution in [3.63, 3.8) is 0 Å². The summed E-state index contributed by atoms with van der Waals surface area (Å²) in [5.41, 5.74) is 0.920. The van der Waals surface area contributed by atoms with Crippen LogP contribution in [0, 0.1) is 17.5 Å². The summed E-state index contributed by atoms with van der Waals surface area (Å²) in [4.78, 5) is 26.9. The molecule has 2 amide bonds. The number of halogens is 3. The van der Waals surface area contributed by atoms with E-state index in [0.29, 0.717) is 11.6 Å². The molecule has 1 aliphatic heterocycles. The highest BCUT2D eigenvalue weighted by Gasteiger charge is 2.36. The third-order valence-electron chi connectivity index (χ3n) is 5.22. The van der Waals surface area contributed by atoms with E-state index in [0.717, 1.165) is 6.07 Å². The van der Waals surface area contributed by atoms with Crippen LogP contribution in [0.5, 0.6) is 0 Å². The molecule has 4 rings (SSSR count). The Balaban J connectivity index is 1.69. The number of nitrogens with one attached hydrogen (secondary N) is 3. The molecule has 5 N–H and O–H groups in total. The standard InChI is InChI=1S/C21H18F3N3O4/c22-10-3-1-9(2-4-10)17-13(12-5-11(23)6-14(24)18(12)26-17)7-15(28)20(30)27-19-16(29)8-25-21(19)31/h1-6,15-16,19,26,28-29H,7-8H2,(H,25,31)(H,27,30)/t15-,16+,19-/m0/s1. The van der Waals surface area contributed by atoms with Crippen LogP contribution < -0.4 is 10.6 Å². The smallest absolute Gasteiger partial charge is 0.249 e. The van der Waals surface area contributed by atoms with E-state index in [2.05, 4.69) is 15.6 Å². The fourth-order valence-corrected chi connectivity index (χ4v) is 3.65. The fourth-order valence-electron chi connectivity index (χ4n) is 3.65. The highest BCUT2D eigenvalue weighted by Crippen LogP contribution is 2.33. The Morgan fingerprint density at radius 2 is 1.87 bits per heavy atom. The molecule has 3 aromatic rings. The van der Waals surface area contributed by atoms with E-state index in [1.54, 1.807) is 0 Å². The van der Waals surface area contributed by atoms with E-state index < -0.39 is 47.5 Å². The second-order valence-corrected chi connectivity index (χ2v) is 7.31. The minimum atomic E-state index is -1.69. The Morgan fingerprint density at radius 1 is 1.16 bits per heavy atom. The Kier molecular flexibility index (Phi) is 5.42. The highest BCUT2D eigenvalue weighted by atomic mass is 19.1. The molecule has 0 unspecified atom stereocenters. The number of fused-ring (bicyclic) bond motifs is 1. The summed E-state index contributed by atoms with van der Waals surface area (Å²) < 4.78 is 41.5. The number of rotatable bonds is 5. The summed E-state index contributed by atoms with van der Waals surface area (Å²) in [7, 11) is 0. The average Bonchev–Trinajstić information content (AvgIpc) is 3.23. The van der Waals surface area contributed by atoms with Crippen LogP contribution in [-0.2, 0) is 16.0 Å². The first kappa shape index (κ1) is 20.9. The Hall–Kier alpha value is -3.37. The van der Waals surface area contributed by atoms with Crippen molar-refractivity contribution in [1.29, 1.82) is 0 Å².